The topological polar surface area (TPSA) is 89.5 Å². The molecule has 6 nitrogen and oxygen atoms in total. The molecule has 0 saturated carbocycles. The highest BCUT2D eigenvalue weighted by molar-refractivity contribution is 7.91. The van der Waals surface area contributed by atoms with Crippen LogP contribution >= 0.6 is 11.3 Å². The highest BCUT2D eigenvalue weighted by Crippen LogP contribution is 2.38. The van der Waals surface area contributed by atoms with Crippen molar-refractivity contribution in [3.05, 3.63) is 46.3 Å². The lowest BCUT2D eigenvalue weighted by Crippen LogP contribution is -2.19. The van der Waals surface area contributed by atoms with E-state index < -0.39 is 21.7 Å². The number of hydrogen-bond donors (Lipinski definition) is 1. The first-order valence-corrected chi connectivity index (χ1v) is 11.8. The van der Waals surface area contributed by atoms with Gasteiger partial charge in [0.25, 0.3) is 0 Å². The molecule has 0 unspecified atom stereocenters. The summed E-state index contributed by atoms with van der Waals surface area (Å²) in [5.41, 5.74) is 1.39. The molecular formula is C20H23NO5S2. The fraction of sp³-hybridized carbons (Fsp3) is 0.400. The van der Waals surface area contributed by atoms with Crippen LogP contribution in [0.2, 0.25) is 0 Å². The first-order chi connectivity index (χ1) is 13.4. The Labute approximate surface area is 168 Å². The molecule has 28 heavy (non-hydrogen) atoms. The zero-order valence-corrected chi connectivity index (χ0v) is 17.3. The maximum Gasteiger partial charge on any atom is 0.341 e. The molecule has 2 aromatic rings. The Bertz CT molecular complexity index is 964. The Morgan fingerprint density at radius 1 is 1.14 bits per heavy atom. The quantitative estimate of drug-likeness (QED) is 0.690. The number of ether oxygens (including phenoxy) is 1. The van der Waals surface area contributed by atoms with Crippen molar-refractivity contribution in [1.29, 1.82) is 0 Å². The zero-order chi connectivity index (χ0) is 20.1. The standard InChI is InChI=1S/C20H23NO5S2/c1-2-26-20(23)18-15-10-6-7-11-16(15)27-19(18)21-17(22)12-13-28(24,25)14-8-4-3-5-9-14/h3-5,8-9H,2,6-7,10-13H2,1H3,(H,21,22). The molecule has 1 aromatic carbocycles. The van der Waals surface area contributed by atoms with Crippen LogP contribution in [0, 0.1) is 0 Å². The second kappa shape index (κ2) is 8.87. The number of benzene rings is 1. The molecule has 0 aliphatic heterocycles. The van der Waals surface area contributed by atoms with Crippen molar-refractivity contribution in [3.8, 4) is 0 Å². The first-order valence-electron chi connectivity index (χ1n) is 9.31. The average Bonchev–Trinajstić information content (AvgIpc) is 3.05. The number of rotatable bonds is 7. The third-order valence-electron chi connectivity index (χ3n) is 4.60. The molecule has 1 amide bonds. The van der Waals surface area contributed by atoms with E-state index in [0.717, 1.165) is 36.1 Å². The molecule has 150 valence electrons. The molecule has 0 spiro atoms. The number of hydrogen-bond acceptors (Lipinski definition) is 6. The Morgan fingerprint density at radius 2 is 1.86 bits per heavy atom. The van der Waals surface area contributed by atoms with Gasteiger partial charge in [0.15, 0.2) is 9.84 Å². The van der Waals surface area contributed by atoms with E-state index in [9.17, 15) is 18.0 Å². The predicted octanol–water partition coefficient (Wildman–Crippen LogP) is 3.61. The minimum atomic E-state index is -3.53. The molecule has 1 heterocycles. The van der Waals surface area contributed by atoms with E-state index in [0.29, 0.717) is 10.6 Å². The number of aryl methyl sites for hydroxylation is 1. The number of carbonyl (C=O) groups excluding carboxylic acids is 2. The molecule has 0 saturated heterocycles. The lowest BCUT2D eigenvalue weighted by Gasteiger charge is -2.12. The van der Waals surface area contributed by atoms with Crippen molar-refractivity contribution in [2.45, 2.75) is 43.9 Å². The number of esters is 1. The lowest BCUT2D eigenvalue weighted by atomic mass is 9.95. The number of carbonyl (C=O) groups is 2. The van der Waals surface area contributed by atoms with E-state index in [4.69, 9.17) is 4.74 Å². The lowest BCUT2D eigenvalue weighted by molar-refractivity contribution is -0.115. The van der Waals surface area contributed by atoms with Crippen LogP contribution in [0.5, 0.6) is 0 Å². The van der Waals surface area contributed by atoms with Crippen LogP contribution in [0.4, 0.5) is 5.00 Å². The van der Waals surface area contributed by atoms with Crippen molar-refractivity contribution >= 4 is 38.1 Å². The largest absolute Gasteiger partial charge is 0.462 e. The molecule has 0 fully saturated rings. The van der Waals surface area contributed by atoms with Gasteiger partial charge in [-0.1, -0.05) is 18.2 Å². The molecular weight excluding hydrogens is 398 g/mol. The van der Waals surface area contributed by atoms with Gasteiger partial charge < -0.3 is 10.1 Å². The SMILES string of the molecule is CCOC(=O)c1c(NC(=O)CCS(=O)(=O)c2ccccc2)sc2c1CCCC2. The summed E-state index contributed by atoms with van der Waals surface area (Å²) in [6, 6.07) is 8.06. The minimum absolute atomic E-state index is 0.179. The number of thiophene rings is 1. The summed E-state index contributed by atoms with van der Waals surface area (Å²) < 4.78 is 29.9. The molecule has 1 aliphatic carbocycles. The van der Waals surface area contributed by atoms with Crippen molar-refractivity contribution in [2.75, 3.05) is 17.7 Å². The van der Waals surface area contributed by atoms with Gasteiger partial charge in [0, 0.05) is 11.3 Å². The van der Waals surface area contributed by atoms with Crippen LogP contribution in [0.1, 0.15) is 47.0 Å². The molecule has 1 N–H and O–H groups in total. The van der Waals surface area contributed by atoms with E-state index >= 15 is 0 Å². The maximum absolute atomic E-state index is 12.4. The van der Waals surface area contributed by atoms with Gasteiger partial charge in [-0.15, -0.1) is 11.3 Å². The van der Waals surface area contributed by atoms with Crippen molar-refractivity contribution < 1.29 is 22.7 Å². The molecule has 0 atom stereocenters. The normalized spacial score (nSPS) is 13.6. The summed E-state index contributed by atoms with van der Waals surface area (Å²) in [4.78, 5) is 26.1. The van der Waals surface area contributed by atoms with E-state index in [1.807, 2.05) is 0 Å². The summed E-state index contributed by atoms with van der Waals surface area (Å²) in [5.74, 6) is -1.15. The van der Waals surface area contributed by atoms with E-state index in [-0.39, 0.29) is 23.7 Å². The van der Waals surface area contributed by atoms with Gasteiger partial charge in [-0.2, -0.15) is 0 Å². The van der Waals surface area contributed by atoms with Crippen LogP contribution in [0.15, 0.2) is 35.2 Å². The maximum atomic E-state index is 12.4. The first kappa shape index (κ1) is 20.5. The van der Waals surface area contributed by atoms with Gasteiger partial charge in [-0.05, 0) is 50.3 Å². The van der Waals surface area contributed by atoms with Crippen molar-refractivity contribution in [2.24, 2.45) is 0 Å². The van der Waals surface area contributed by atoms with E-state index in [1.54, 1.807) is 25.1 Å². The summed E-state index contributed by atoms with van der Waals surface area (Å²) in [7, 11) is -3.53. The third-order valence-corrected chi connectivity index (χ3v) is 7.54. The summed E-state index contributed by atoms with van der Waals surface area (Å²) in [6.45, 7) is 2.00. The molecule has 0 bridgehead atoms. The van der Waals surface area contributed by atoms with Gasteiger partial charge in [0.05, 0.1) is 22.8 Å². The Kier molecular flexibility index (Phi) is 6.51. The van der Waals surface area contributed by atoms with Gasteiger partial charge in [0.2, 0.25) is 5.91 Å². The molecule has 3 rings (SSSR count). The Hall–Kier alpha value is -2.19. The predicted molar refractivity (Wildman–Crippen MR) is 109 cm³/mol. The van der Waals surface area contributed by atoms with Gasteiger partial charge in [-0.25, -0.2) is 13.2 Å². The van der Waals surface area contributed by atoms with Crippen LogP contribution in [-0.4, -0.2) is 32.7 Å². The number of sulfone groups is 1. The fourth-order valence-corrected chi connectivity index (χ4v) is 5.79. The monoisotopic (exact) mass is 421 g/mol. The summed E-state index contributed by atoms with van der Waals surface area (Å²) in [5, 5.41) is 3.21. The second-order valence-electron chi connectivity index (χ2n) is 6.57. The van der Waals surface area contributed by atoms with Crippen molar-refractivity contribution in [1.82, 2.24) is 0 Å². The average molecular weight is 422 g/mol. The summed E-state index contributed by atoms with van der Waals surface area (Å²) in [6.07, 6.45) is 3.54. The number of amides is 1. The highest BCUT2D eigenvalue weighted by atomic mass is 32.2. The molecule has 8 heteroatoms. The Morgan fingerprint density at radius 3 is 2.57 bits per heavy atom. The molecule has 1 aromatic heterocycles. The van der Waals surface area contributed by atoms with E-state index in [2.05, 4.69) is 5.32 Å². The van der Waals surface area contributed by atoms with Crippen molar-refractivity contribution in [3.63, 3.8) is 0 Å². The van der Waals surface area contributed by atoms with Gasteiger partial charge >= 0.3 is 5.97 Å². The number of nitrogens with one attached hydrogen (secondary N) is 1. The molecule has 1 aliphatic rings. The fourth-order valence-electron chi connectivity index (χ4n) is 3.24. The second-order valence-corrected chi connectivity index (χ2v) is 9.78. The zero-order valence-electron chi connectivity index (χ0n) is 15.7. The Balaban J connectivity index is 1.73. The van der Waals surface area contributed by atoms with Gasteiger partial charge in [0.1, 0.15) is 5.00 Å². The number of fused-ring (bicyclic) bond motifs is 1. The van der Waals surface area contributed by atoms with Crippen LogP contribution in [0.25, 0.3) is 0 Å². The van der Waals surface area contributed by atoms with Crippen LogP contribution in [-0.2, 0) is 32.2 Å². The number of anilines is 1. The van der Waals surface area contributed by atoms with E-state index in [1.165, 1.54) is 23.5 Å². The molecule has 0 radical (unpaired) electrons. The third kappa shape index (κ3) is 4.62. The highest BCUT2D eigenvalue weighted by Gasteiger charge is 2.27. The minimum Gasteiger partial charge on any atom is -0.462 e. The van der Waals surface area contributed by atoms with Crippen LogP contribution < -0.4 is 5.32 Å². The summed E-state index contributed by atoms with van der Waals surface area (Å²) >= 11 is 1.39. The smallest absolute Gasteiger partial charge is 0.341 e. The van der Waals surface area contributed by atoms with Gasteiger partial charge in [-0.3, -0.25) is 4.79 Å². The van der Waals surface area contributed by atoms with Crippen LogP contribution in [0.3, 0.4) is 0 Å².